The lowest BCUT2D eigenvalue weighted by Gasteiger charge is -2.24. The molecule has 23 heavy (non-hydrogen) atoms. The van der Waals surface area contributed by atoms with E-state index in [0.29, 0.717) is 0 Å². The molecule has 0 aliphatic heterocycles. The quantitative estimate of drug-likeness (QED) is 0.875. The monoisotopic (exact) mass is 309 g/mol. The van der Waals surface area contributed by atoms with Crippen molar-refractivity contribution in [3.05, 3.63) is 47.2 Å². The maximum atomic E-state index is 11.9. The molecule has 1 aromatic heterocycles. The number of nitrogens with zero attached hydrogens (tertiary/aromatic N) is 1. The van der Waals surface area contributed by atoms with Crippen molar-refractivity contribution in [1.29, 1.82) is 0 Å². The Kier molecular flexibility index (Phi) is 4.33. The molecule has 2 aromatic rings. The molecule has 1 aromatic carbocycles. The SMILES string of the molecule is Cc1cc(C)c(Nc2ccc(NC(=O)C3CCC3)cn2)c(C)c1. The van der Waals surface area contributed by atoms with Crippen LogP contribution in [0.25, 0.3) is 0 Å². The molecule has 0 saturated heterocycles. The van der Waals surface area contributed by atoms with Crippen molar-refractivity contribution in [3.63, 3.8) is 0 Å². The Balaban J connectivity index is 1.69. The van der Waals surface area contributed by atoms with E-state index in [1.165, 1.54) is 16.7 Å². The topological polar surface area (TPSA) is 54.0 Å². The third-order valence-electron chi connectivity index (χ3n) is 4.44. The fourth-order valence-corrected chi connectivity index (χ4v) is 2.96. The second kappa shape index (κ2) is 6.41. The van der Waals surface area contributed by atoms with Crippen molar-refractivity contribution in [2.45, 2.75) is 40.0 Å². The molecule has 1 aliphatic carbocycles. The predicted molar refractivity (Wildman–Crippen MR) is 94.1 cm³/mol. The van der Waals surface area contributed by atoms with Crippen LogP contribution in [0, 0.1) is 26.7 Å². The van der Waals surface area contributed by atoms with Gasteiger partial charge in [-0.15, -0.1) is 0 Å². The van der Waals surface area contributed by atoms with Crippen molar-refractivity contribution in [3.8, 4) is 0 Å². The Hall–Kier alpha value is -2.36. The number of aromatic nitrogens is 1. The number of anilines is 3. The minimum Gasteiger partial charge on any atom is -0.340 e. The smallest absolute Gasteiger partial charge is 0.227 e. The lowest BCUT2D eigenvalue weighted by atomic mass is 9.85. The highest BCUT2D eigenvalue weighted by Crippen LogP contribution is 2.28. The first-order chi connectivity index (χ1) is 11.0. The van der Waals surface area contributed by atoms with Gasteiger partial charge in [-0.25, -0.2) is 4.98 Å². The van der Waals surface area contributed by atoms with Gasteiger partial charge in [-0.1, -0.05) is 24.1 Å². The normalized spacial score (nSPS) is 14.2. The zero-order chi connectivity index (χ0) is 16.4. The Bertz CT molecular complexity index is 695. The summed E-state index contributed by atoms with van der Waals surface area (Å²) in [5, 5.41) is 6.31. The van der Waals surface area contributed by atoms with Gasteiger partial charge in [-0.3, -0.25) is 4.79 Å². The highest BCUT2D eigenvalue weighted by molar-refractivity contribution is 5.92. The van der Waals surface area contributed by atoms with E-state index < -0.39 is 0 Å². The number of nitrogens with one attached hydrogen (secondary N) is 2. The number of rotatable bonds is 4. The van der Waals surface area contributed by atoms with Crippen LogP contribution < -0.4 is 10.6 Å². The molecule has 1 aliphatic rings. The molecule has 1 fully saturated rings. The molecule has 0 radical (unpaired) electrons. The van der Waals surface area contributed by atoms with E-state index in [0.717, 1.165) is 36.5 Å². The number of pyridine rings is 1. The molecule has 3 rings (SSSR count). The van der Waals surface area contributed by atoms with Gasteiger partial charge in [0.1, 0.15) is 5.82 Å². The molecule has 1 amide bonds. The maximum absolute atomic E-state index is 11.9. The van der Waals surface area contributed by atoms with Crippen molar-refractivity contribution >= 4 is 23.1 Å². The fraction of sp³-hybridized carbons (Fsp3) is 0.368. The van der Waals surface area contributed by atoms with Gasteiger partial charge in [0, 0.05) is 11.6 Å². The Morgan fingerprint density at radius 3 is 2.35 bits per heavy atom. The first kappa shape index (κ1) is 15.5. The van der Waals surface area contributed by atoms with E-state index >= 15 is 0 Å². The summed E-state index contributed by atoms with van der Waals surface area (Å²) >= 11 is 0. The Labute approximate surface area is 137 Å². The first-order valence-electron chi connectivity index (χ1n) is 8.15. The number of aryl methyl sites for hydroxylation is 3. The maximum Gasteiger partial charge on any atom is 0.227 e. The second-order valence-electron chi connectivity index (χ2n) is 6.45. The van der Waals surface area contributed by atoms with Gasteiger partial charge in [-0.05, 0) is 56.9 Å². The number of hydrogen-bond donors (Lipinski definition) is 2. The largest absolute Gasteiger partial charge is 0.340 e. The van der Waals surface area contributed by atoms with Gasteiger partial charge in [0.25, 0.3) is 0 Å². The summed E-state index contributed by atoms with van der Waals surface area (Å²) < 4.78 is 0. The van der Waals surface area contributed by atoms with E-state index in [1.807, 2.05) is 12.1 Å². The average Bonchev–Trinajstić information content (AvgIpc) is 2.42. The number of carbonyl (C=O) groups is 1. The van der Waals surface area contributed by atoms with Gasteiger partial charge in [-0.2, -0.15) is 0 Å². The lowest BCUT2D eigenvalue weighted by Crippen LogP contribution is -2.28. The lowest BCUT2D eigenvalue weighted by molar-refractivity contribution is -0.122. The first-order valence-corrected chi connectivity index (χ1v) is 8.15. The molecule has 2 N–H and O–H groups in total. The van der Waals surface area contributed by atoms with Crippen LogP contribution in [0.15, 0.2) is 30.5 Å². The van der Waals surface area contributed by atoms with Crippen LogP contribution >= 0.6 is 0 Å². The summed E-state index contributed by atoms with van der Waals surface area (Å²) in [4.78, 5) is 16.3. The molecule has 0 atom stereocenters. The zero-order valence-corrected chi connectivity index (χ0v) is 13.9. The number of benzene rings is 1. The molecule has 4 nitrogen and oxygen atoms in total. The van der Waals surface area contributed by atoms with E-state index in [1.54, 1.807) is 6.20 Å². The molecular formula is C19H23N3O. The van der Waals surface area contributed by atoms with Crippen molar-refractivity contribution in [1.82, 2.24) is 4.98 Å². The molecule has 0 bridgehead atoms. The van der Waals surface area contributed by atoms with Gasteiger partial charge in [0.15, 0.2) is 0 Å². The minimum atomic E-state index is 0.115. The van der Waals surface area contributed by atoms with Gasteiger partial charge < -0.3 is 10.6 Å². The summed E-state index contributed by atoms with van der Waals surface area (Å²) in [6, 6.07) is 8.10. The summed E-state index contributed by atoms with van der Waals surface area (Å²) in [6.07, 6.45) is 4.88. The van der Waals surface area contributed by atoms with Crippen LogP contribution in [0.1, 0.15) is 36.0 Å². The Morgan fingerprint density at radius 2 is 1.83 bits per heavy atom. The number of amides is 1. The minimum absolute atomic E-state index is 0.115. The second-order valence-corrected chi connectivity index (χ2v) is 6.45. The average molecular weight is 309 g/mol. The van der Waals surface area contributed by atoms with Gasteiger partial charge in [0.05, 0.1) is 11.9 Å². The van der Waals surface area contributed by atoms with E-state index in [9.17, 15) is 4.79 Å². The molecule has 4 heteroatoms. The van der Waals surface area contributed by atoms with Crippen molar-refractivity contribution < 1.29 is 4.79 Å². The number of carbonyl (C=O) groups excluding carboxylic acids is 1. The van der Waals surface area contributed by atoms with E-state index in [4.69, 9.17) is 0 Å². The van der Waals surface area contributed by atoms with Crippen LogP contribution in [0.3, 0.4) is 0 Å². The third kappa shape index (κ3) is 3.52. The van der Waals surface area contributed by atoms with Crippen LogP contribution in [0.5, 0.6) is 0 Å². The molecule has 1 saturated carbocycles. The van der Waals surface area contributed by atoms with E-state index in [-0.39, 0.29) is 11.8 Å². The highest BCUT2D eigenvalue weighted by atomic mass is 16.1. The summed E-state index contributed by atoms with van der Waals surface area (Å²) in [5.74, 6) is 1.08. The molecule has 120 valence electrons. The van der Waals surface area contributed by atoms with Crippen LogP contribution in [0.2, 0.25) is 0 Å². The fourth-order valence-electron chi connectivity index (χ4n) is 2.96. The Morgan fingerprint density at radius 1 is 1.13 bits per heavy atom. The van der Waals surface area contributed by atoms with Crippen molar-refractivity contribution in [2.75, 3.05) is 10.6 Å². The van der Waals surface area contributed by atoms with Gasteiger partial charge >= 0.3 is 0 Å². The summed E-state index contributed by atoms with van der Waals surface area (Å²) in [5.41, 5.74) is 5.50. The molecule has 1 heterocycles. The third-order valence-corrected chi connectivity index (χ3v) is 4.44. The van der Waals surface area contributed by atoms with Crippen LogP contribution in [-0.4, -0.2) is 10.9 Å². The zero-order valence-electron chi connectivity index (χ0n) is 13.9. The summed E-state index contributed by atoms with van der Waals surface area (Å²) in [7, 11) is 0. The highest BCUT2D eigenvalue weighted by Gasteiger charge is 2.25. The number of hydrogen-bond acceptors (Lipinski definition) is 3. The van der Waals surface area contributed by atoms with Crippen LogP contribution in [0.4, 0.5) is 17.2 Å². The molecular weight excluding hydrogens is 286 g/mol. The van der Waals surface area contributed by atoms with Crippen molar-refractivity contribution in [2.24, 2.45) is 5.92 Å². The van der Waals surface area contributed by atoms with Gasteiger partial charge in [0.2, 0.25) is 5.91 Å². The molecule has 0 unspecified atom stereocenters. The van der Waals surface area contributed by atoms with E-state index in [2.05, 4.69) is 48.5 Å². The molecule has 0 spiro atoms. The summed E-state index contributed by atoms with van der Waals surface area (Å²) in [6.45, 7) is 6.28. The van der Waals surface area contributed by atoms with Crippen LogP contribution in [-0.2, 0) is 4.79 Å². The standard InChI is InChI=1S/C19H23N3O/c1-12-9-13(2)18(14(3)10-12)22-17-8-7-16(11-20-17)21-19(23)15-5-4-6-15/h7-11,15H,4-6H2,1-3H3,(H,20,22)(H,21,23). The predicted octanol–water partition coefficient (Wildman–Crippen LogP) is 4.49.